The third-order valence-electron chi connectivity index (χ3n) is 5.89. The molecule has 0 bridgehead atoms. The van der Waals surface area contributed by atoms with Crippen LogP contribution in [0, 0.1) is 5.92 Å². The summed E-state index contributed by atoms with van der Waals surface area (Å²) in [5, 5.41) is 13.4. The Morgan fingerprint density at radius 1 is 1.15 bits per heavy atom. The van der Waals surface area contributed by atoms with E-state index < -0.39 is 0 Å². The lowest BCUT2D eigenvalue weighted by atomic mass is 10.1. The molecule has 0 aromatic heterocycles. The summed E-state index contributed by atoms with van der Waals surface area (Å²) in [5.41, 5.74) is 0. The predicted molar refractivity (Wildman–Crippen MR) is 114 cm³/mol. The molecule has 3 aliphatic rings. The van der Waals surface area contributed by atoms with Gasteiger partial charge < -0.3 is 24.8 Å². The molecule has 26 heavy (non-hydrogen) atoms. The first kappa shape index (κ1) is 22.2. The van der Waals surface area contributed by atoms with Crippen LogP contribution in [0.2, 0.25) is 0 Å². The van der Waals surface area contributed by atoms with Crippen molar-refractivity contribution in [1.82, 2.24) is 10.2 Å². The molecule has 152 valence electrons. The molecule has 0 aromatic rings. The lowest BCUT2D eigenvalue weighted by Crippen LogP contribution is -2.48. The van der Waals surface area contributed by atoms with Gasteiger partial charge in [0.15, 0.2) is 5.96 Å². The van der Waals surface area contributed by atoms with Gasteiger partial charge in [0.1, 0.15) is 0 Å². The molecule has 2 heterocycles. The van der Waals surface area contributed by atoms with Crippen LogP contribution in [0.4, 0.5) is 0 Å². The van der Waals surface area contributed by atoms with E-state index in [1.807, 2.05) is 7.05 Å². The molecule has 1 saturated carbocycles. The van der Waals surface area contributed by atoms with Crippen LogP contribution in [-0.4, -0.2) is 74.2 Å². The Labute approximate surface area is 175 Å². The number of aliphatic hydroxyl groups is 1. The molecular formula is C19H36IN3O3. The number of piperidine rings is 1. The Balaban J connectivity index is 0.00000243. The maximum Gasteiger partial charge on any atom is 0.193 e. The molecule has 0 spiro atoms. The smallest absolute Gasteiger partial charge is 0.193 e. The second-order valence-corrected chi connectivity index (χ2v) is 7.69. The van der Waals surface area contributed by atoms with Crippen molar-refractivity contribution in [1.29, 1.82) is 0 Å². The van der Waals surface area contributed by atoms with Gasteiger partial charge in [0.25, 0.3) is 0 Å². The lowest BCUT2D eigenvalue weighted by molar-refractivity contribution is -0.0721. The Morgan fingerprint density at radius 3 is 2.58 bits per heavy atom. The summed E-state index contributed by atoms with van der Waals surface area (Å²) in [5.74, 6) is 1.33. The van der Waals surface area contributed by atoms with E-state index in [0.29, 0.717) is 18.1 Å². The second-order valence-electron chi connectivity index (χ2n) is 7.69. The van der Waals surface area contributed by atoms with Gasteiger partial charge in [-0.3, -0.25) is 4.99 Å². The van der Waals surface area contributed by atoms with Gasteiger partial charge in [0.2, 0.25) is 0 Å². The minimum atomic E-state index is -0.147. The normalized spacial score (nSPS) is 30.9. The highest BCUT2D eigenvalue weighted by Gasteiger charge is 2.27. The Hall–Kier alpha value is -0.120. The SMILES string of the molecule is CN=C(NCC1CCCC1O)N1CCC(OCC2CCCCO2)CC1.I. The number of hydrogen-bond acceptors (Lipinski definition) is 4. The van der Waals surface area contributed by atoms with Gasteiger partial charge in [-0.15, -0.1) is 24.0 Å². The van der Waals surface area contributed by atoms with E-state index >= 15 is 0 Å². The van der Waals surface area contributed by atoms with Gasteiger partial charge in [-0.2, -0.15) is 0 Å². The van der Waals surface area contributed by atoms with Gasteiger partial charge in [-0.25, -0.2) is 0 Å². The number of guanidine groups is 1. The standard InChI is InChI=1S/C19H35N3O3.HI/c1-20-19(21-13-15-5-4-7-18(15)23)22-10-8-16(9-11-22)25-14-17-6-2-3-12-24-17;/h15-18,23H,2-14H2,1H3,(H,20,21);1H. The minimum absolute atomic E-state index is 0. The van der Waals surface area contributed by atoms with Gasteiger partial charge in [-0.1, -0.05) is 6.42 Å². The highest BCUT2D eigenvalue weighted by Crippen LogP contribution is 2.25. The largest absolute Gasteiger partial charge is 0.393 e. The monoisotopic (exact) mass is 481 g/mol. The van der Waals surface area contributed by atoms with E-state index in [1.54, 1.807) is 0 Å². The number of ether oxygens (including phenoxy) is 2. The number of nitrogens with zero attached hydrogens (tertiary/aromatic N) is 2. The molecule has 0 aromatic carbocycles. The van der Waals surface area contributed by atoms with E-state index in [2.05, 4.69) is 15.2 Å². The molecule has 7 heteroatoms. The molecule has 2 N–H and O–H groups in total. The first-order valence-corrected chi connectivity index (χ1v) is 10.1. The van der Waals surface area contributed by atoms with Crippen LogP contribution < -0.4 is 5.32 Å². The van der Waals surface area contributed by atoms with Crippen LogP contribution in [0.3, 0.4) is 0 Å². The molecule has 2 saturated heterocycles. The number of halogens is 1. The average molecular weight is 481 g/mol. The molecule has 3 atom stereocenters. The molecule has 0 radical (unpaired) electrons. The van der Waals surface area contributed by atoms with Crippen LogP contribution in [0.1, 0.15) is 51.4 Å². The Morgan fingerprint density at radius 2 is 1.96 bits per heavy atom. The molecule has 6 nitrogen and oxygen atoms in total. The van der Waals surface area contributed by atoms with Crippen molar-refractivity contribution in [3.05, 3.63) is 0 Å². The van der Waals surface area contributed by atoms with Crippen molar-refractivity contribution in [2.75, 3.05) is 39.9 Å². The molecule has 3 unspecified atom stereocenters. The Bertz CT molecular complexity index is 424. The van der Waals surface area contributed by atoms with Gasteiger partial charge in [0, 0.05) is 39.2 Å². The predicted octanol–water partition coefficient (Wildman–Crippen LogP) is 2.39. The topological polar surface area (TPSA) is 66.3 Å². The van der Waals surface area contributed by atoms with Crippen molar-refractivity contribution >= 4 is 29.9 Å². The van der Waals surface area contributed by atoms with Crippen molar-refractivity contribution in [2.45, 2.75) is 69.7 Å². The number of aliphatic imine (C=N–C) groups is 1. The molecule has 3 rings (SSSR count). The van der Waals surface area contributed by atoms with E-state index in [4.69, 9.17) is 9.47 Å². The molecule has 0 amide bonds. The lowest BCUT2D eigenvalue weighted by Gasteiger charge is -2.35. The number of aliphatic hydroxyl groups excluding tert-OH is 1. The zero-order valence-electron chi connectivity index (χ0n) is 16.1. The molecular weight excluding hydrogens is 445 g/mol. The Kier molecular flexibility index (Phi) is 9.94. The summed E-state index contributed by atoms with van der Waals surface area (Å²) >= 11 is 0. The minimum Gasteiger partial charge on any atom is -0.393 e. The molecule has 3 fully saturated rings. The van der Waals surface area contributed by atoms with Crippen LogP contribution in [0.25, 0.3) is 0 Å². The molecule has 2 aliphatic heterocycles. The maximum absolute atomic E-state index is 9.97. The zero-order valence-corrected chi connectivity index (χ0v) is 18.4. The third kappa shape index (κ3) is 6.49. The number of hydrogen-bond donors (Lipinski definition) is 2. The second kappa shape index (κ2) is 11.7. The first-order chi connectivity index (χ1) is 12.3. The van der Waals surface area contributed by atoms with Crippen LogP contribution >= 0.6 is 24.0 Å². The number of nitrogens with one attached hydrogen (secondary N) is 1. The van der Waals surface area contributed by atoms with Crippen molar-refractivity contribution in [2.24, 2.45) is 10.9 Å². The van der Waals surface area contributed by atoms with Crippen LogP contribution in [0.5, 0.6) is 0 Å². The van der Waals surface area contributed by atoms with Crippen molar-refractivity contribution < 1.29 is 14.6 Å². The average Bonchev–Trinajstić information content (AvgIpc) is 3.07. The van der Waals surface area contributed by atoms with Crippen LogP contribution in [0.15, 0.2) is 4.99 Å². The third-order valence-corrected chi connectivity index (χ3v) is 5.89. The summed E-state index contributed by atoms with van der Waals surface area (Å²) < 4.78 is 11.8. The van der Waals surface area contributed by atoms with E-state index in [0.717, 1.165) is 77.3 Å². The van der Waals surface area contributed by atoms with E-state index in [-0.39, 0.29) is 30.1 Å². The highest BCUT2D eigenvalue weighted by atomic mass is 127. The summed E-state index contributed by atoms with van der Waals surface area (Å²) in [6.45, 7) is 4.41. The number of rotatable bonds is 5. The van der Waals surface area contributed by atoms with Crippen molar-refractivity contribution in [3.8, 4) is 0 Å². The summed E-state index contributed by atoms with van der Waals surface area (Å²) in [6, 6.07) is 0. The summed E-state index contributed by atoms with van der Waals surface area (Å²) in [7, 11) is 1.84. The molecule has 1 aliphatic carbocycles. The van der Waals surface area contributed by atoms with Gasteiger partial charge >= 0.3 is 0 Å². The first-order valence-electron chi connectivity index (χ1n) is 10.1. The van der Waals surface area contributed by atoms with Crippen LogP contribution in [-0.2, 0) is 9.47 Å². The van der Waals surface area contributed by atoms with Gasteiger partial charge in [-0.05, 0) is 44.9 Å². The summed E-state index contributed by atoms with van der Waals surface area (Å²) in [6.07, 6.45) is 9.38. The highest BCUT2D eigenvalue weighted by molar-refractivity contribution is 14.0. The summed E-state index contributed by atoms with van der Waals surface area (Å²) in [4.78, 5) is 6.75. The zero-order chi connectivity index (χ0) is 17.5. The van der Waals surface area contributed by atoms with Crippen molar-refractivity contribution in [3.63, 3.8) is 0 Å². The van der Waals surface area contributed by atoms with E-state index in [1.165, 1.54) is 12.8 Å². The fraction of sp³-hybridized carbons (Fsp3) is 0.947. The maximum atomic E-state index is 9.97. The quantitative estimate of drug-likeness (QED) is 0.359. The van der Waals surface area contributed by atoms with E-state index in [9.17, 15) is 5.11 Å². The van der Waals surface area contributed by atoms with Gasteiger partial charge in [0.05, 0.1) is 24.9 Å². The fourth-order valence-corrected chi connectivity index (χ4v) is 4.23. The fourth-order valence-electron chi connectivity index (χ4n) is 4.23. The number of likely N-dealkylation sites (tertiary alicyclic amines) is 1.